The molecule has 8 heteroatoms. The Balaban J connectivity index is 2.37. The summed E-state index contributed by atoms with van der Waals surface area (Å²) in [6.45, 7) is 4.30. The van der Waals surface area contributed by atoms with E-state index in [4.69, 9.17) is 14.2 Å². The van der Waals surface area contributed by atoms with Crippen LogP contribution in [0.4, 0.5) is 11.4 Å². The minimum atomic E-state index is -0.580. The van der Waals surface area contributed by atoms with Crippen molar-refractivity contribution in [3.63, 3.8) is 0 Å². The first-order chi connectivity index (χ1) is 14.5. The minimum Gasteiger partial charge on any atom is -0.490 e. The van der Waals surface area contributed by atoms with Crippen LogP contribution in [-0.4, -0.2) is 32.2 Å². The van der Waals surface area contributed by atoms with Gasteiger partial charge in [0, 0.05) is 11.9 Å². The number of amides is 1. The number of methoxy groups -OCH3 is 1. The molecule has 8 nitrogen and oxygen atoms in total. The number of hydrogen-bond acceptors (Lipinski definition) is 7. The van der Waals surface area contributed by atoms with Gasteiger partial charge in [0.05, 0.1) is 31.6 Å². The van der Waals surface area contributed by atoms with Gasteiger partial charge in [-0.1, -0.05) is 18.2 Å². The van der Waals surface area contributed by atoms with Crippen LogP contribution in [0, 0.1) is 11.3 Å². The minimum absolute atomic E-state index is 0.164. The monoisotopic (exact) mass is 409 g/mol. The number of esters is 1. The Morgan fingerprint density at radius 2 is 1.80 bits per heavy atom. The number of nitriles is 1. The molecule has 0 radical (unpaired) electrons. The predicted molar refractivity (Wildman–Crippen MR) is 113 cm³/mol. The van der Waals surface area contributed by atoms with Crippen LogP contribution < -0.4 is 20.1 Å². The second-order valence-corrected chi connectivity index (χ2v) is 5.84. The van der Waals surface area contributed by atoms with Crippen molar-refractivity contribution >= 4 is 23.3 Å². The largest absolute Gasteiger partial charge is 0.490 e. The molecule has 0 aromatic heterocycles. The Morgan fingerprint density at radius 3 is 2.40 bits per heavy atom. The molecular weight excluding hydrogens is 386 g/mol. The molecule has 0 atom stereocenters. The average Bonchev–Trinajstić information content (AvgIpc) is 2.76. The van der Waals surface area contributed by atoms with Crippen LogP contribution in [0.25, 0.3) is 0 Å². The molecular formula is C22H23N3O5. The van der Waals surface area contributed by atoms with E-state index in [0.717, 1.165) is 0 Å². The lowest BCUT2D eigenvalue weighted by Gasteiger charge is -2.16. The zero-order chi connectivity index (χ0) is 21.9. The summed E-state index contributed by atoms with van der Waals surface area (Å²) in [6.07, 6.45) is 1.24. The molecule has 156 valence electrons. The van der Waals surface area contributed by atoms with E-state index in [-0.39, 0.29) is 11.1 Å². The summed E-state index contributed by atoms with van der Waals surface area (Å²) in [5.41, 5.74) is 0.976. The first kappa shape index (κ1) is 22.3. The van der Waals surface area contributed by atoms with E-state index in [9.17, 15) is 14.9 Å². The molecule has 2 aromatic carbocycles. The Morgan fingerprint density at radius 1 is 1.10 bits per heavy atom. The Bertz CT molecular complexity index is 965. The fourth-order valence-corrected chi connectivity index (χ4v) is 2.52. The van der Waals surface area contributed by atoms with Crippen molar-refractivity contribution in [2.45, 2.75) is 13.8 Å². The van der Waals surface area contributed by atoms with E-state index < -0.39 is 11.9 Å². The third-order valence-corrected chi connectivity index (χ3v) is 3.83. The van der Waals surface area contributed by atoms with Crippen molar-refractivity contribution in [3.05, 3.63) is 59.8 Å². The molecule has 2 N–H and O–H groups in total. The highest BCUT2D eigenvalue weighted by Gasteiger charge is 2.18. The average molecular weight is 409 g/mol. The lowest BCUT2D eigenvalue weighted by atomic mass is 10.1. The molecule has 0 saturated carbocycles. The standard InChI is InChI=1S/C22H23N3O5/c1-4-29-19-12-15(22(27)28-3)11-18(20(19)30-5-2)24-14-16(13-23)21(26)25-17-9-7-6-8-10-17/h6-12,14,24H,4-5H2,1-3H3,(H,25,26). The van der Waals surface area contributed by atoms with Crippen LogP contribution in [0.15, 0.2) is 54.2 Å². The lowest BCUT2D eigenvalue weighted by molar-refractivity contribution is -0.112. The molecule has 2 rings (SSSR count). The van der Waals surface area contributed by atoms with Crippen LogP contribution in [0.3, 0.4) is 0 Å². The number of anilines is 2. The maximum absolute atomic E-state index is 12.4. The quantitative estimate of drug-likeness (QED) is 0.369. The Kier molecular flexibility index (Phi) is 8.27. The van der Waals surface area contributed by atoms with Crippen molar-refractivity contribution in [2.75, 3.05) is 31.0 Å². The van der Waals surface area contributed by atoms with Crippen LogP contribution >= 0.6 is 0 Å². The fraction of sp³-hybridized carbons (Fsp3) is 0.227. The number of benzene rings is 2. The van der Waals surface area contributed by atoms with Crippen molar-refractivity contribution in [3.8, 4) is 17.6 Å². The maximum Gasteiger partial charge on any atom is 0.338 e. The smallest absolute Gasteiger partial charge is 0.338 e. The number of carbonyl (C=O) groups excluding carboxylic acids is 2. The summed E-state index contributed by atoms with van der Waals surface area (Å²) < 4.78 is 16.0. The van der Waals surface area contributed by atoms with Crippen LogP contribution in [-0.2, 0) is 9.53 Å². The van der Waals surface area contributed by atoms with Crippen LogP contribution in [0.5, 0.6) is 11.5 Å². The number of carbonyl (C=O) groups is 2. The van der Waals surface area contributed by atoms with E-state index >= 15 is 0 Å². The van der Waals surface area contributed by atoms with Crippen molar-refractivity contribution in [2.24, 2.45) is 0 Å². The highest BCUT2D eigenvalue weighted by atomic mass is 16.5. The number of para-hydroxylation sites is 1. The molecule has 0 unspecified atom stereocenters. The van der Waals surface area contributed by atoms with Gasteiger partial charge in [0.25, 0.3) is 5.91 Å². The van der Waals surface area contributed by atoms with Crippen molar-refractivity contribution in [1.29, 1.82) is 5.26 Å². The highest BCUT2D eigenvalue weighted by Crippen LogP contribution is 2.37. The molecule has 0 aliphatic heterocycles. The van der Waals surface area contributed by atoms with E-state index in [0.29, 0.717) is 36.1 Å². The highest BCUT2D eigenvalue weighted by molar-refractivity contribution is 6.06. The molecule has 0 heterocycles. The number of hydrogen-bond donors (Lipinski definition) is 2. The summed E-state index contributed by atoms with van der Waals surface area (Å²) in [4.78, 5) is 24.4. The molecule has 1 amide bonds. The molecule has 0 bridgehead atoms. The van der Waals surface area contributed by atoms with Gasteiger partial charge >= 0.3 is 5.97 Å². The Labute approximate surface area is 175 Å². The summed E-state index contributed by atoms with van der Waals surface area (Å²) >= 11 is 0. The third kappa shape index (κ3) is 5.75. The van der Waals surface area contributed by atoms with E-state index in [1.807, 2.05) is 12.1 Å². The molecule has 0 aliphatic rings. The van der Waals surface area contributed by atoms with Gasteiger partial charge in [-0.05, 0) is 38.1 Å². The van der Waals surface area contributed by atoms with Gasteiger partial charge in [0.1, 0.15) is 11.6 Å². The van der Waals surface area contributed by atoms with E-state index in [1.54, 1.807) is 38.1 Å². The topological polar surface area (TPSA) is 110 Å². The van der Waals surface area contributed by atoms with Crippen LogP contribution in [0.2, 0.25) is 0 Å². The summed E-state index contributed by atoms with van der Waals surface area (Å²) in [5, 5.41) is 14.9. The van der Waals surface area contributed by atoms with Crippen molar-refractivity contribution < 1.29 is 23.8 Å². The predicted octanol–water partition coefficient (Wildman–Crippen LogP) is 3.73. The third-order valence-electron chi connectivity index (χ3n) is 3.83. The van der Waals surface area contributed by atoms with Gasteiger partial charge in [-0.15, -0.1) is 0 Å². The van der Waals surface area contributed by atoms with Gasteiger partial charge in [0.15, 0.2) is 11.5 Å². The molecule has 0 saturated heterocycles. The van der Waals surface area contributed by atoms with Gasteiger partial charge in [-0.25, -0.2) is 4.79 Å². The number of ether oxygens (including phenoxy) is 3. The van der Waals surface area contributed by atoms with Crippen molar-refractivity contribution in [1.82, 2.24) is 0 Å². The second-order valence-electron chi connectivity index (χ2n) is 5.84. The summed E-state index contributed by atoms with van der Waals surface area (Å²) in [5.74, 6) is -0.453. The summed E-state index contributed by atoms with van der Waals surface area (Å²) in [6, 6.07) is 13.6. The number of nitrogens with zero attached hydrogens (tertiary/aromatic N) is 1. The van der Waals surface area contributed by atoms with Gasteiger partial charge in [-0.2, -0.15) is 5.26 Å². The first-order valence-corrected chi connectivity index (χ1v) is 9.29. The lowest BCUT2D eigenvalue weighted by Crippen LogP contribution is -2.14. The molecule has 0 spiro atoms. The Hall–Kier alpha value is -3.99. The SMILES string of the molecule is CCOc1cc(C(=O)OC)cc(NC=C(C#N)C(=O)Nc2ccccc2)c1OCC. The summed E-state index contributed by atoms with van der Waals surface area (Å²) in [7, 11) is 1.27. The second kappa shape index (κ2) is 11.1. The molecule has 2 aromatic rings. The fourth-order valence-electron chi connectivity index (χ4n) is 2.52. The van der Waals surface area contributed by atoms with Gasteiger partial charge in [0.2, 0.25) is 0 Å². The van der Waals surface area contributed by atoms with E-state index in [2.05, 4.69) is 10.6 Å². The maximum atomic E-state index is 12.4. The van der Waals surface area contributed by atoms with E-state index in [1.165, 1.54) is 25.4 Å². The normalized spacial score (nSPS) is 10.5. The van der Waals surface area contributed by atoms with Gasteiger partial charge in [-0.3, -0.25) is 4.79 Å². The van der Waals surface area contributed by atoms with Crippen LogP contribution in [0.1, 0.15) is 24.2 Å². The first-order valence-electron chi connectivity index (χ1n) is 9.29. The van der Waals surface area contributed by atoms with Gasteiger partial charge < -0.3 is 24.8 Å². The molecule has 0 aliphatic carbocycles. The molecule has 30 heavy (non-hydrogen) atoms. The molecule has 0 fully saturated rings. The zero-order valence-electron chi connectivity index (χ0n) is 17.0. The number of nitrogens with one attached hydrogen (secondary N) is 2. The number of rotatable bonds is 9. The zero-order valence-corrected chi connectivity index (χ0v) is 17.0.